The van der Waals surface area contributed by atoms with Gasteiger partial charge in [0.2, 0.25) is 0 Å². The molecule has 2 aromatic rings. The summed E-state index contributed by atoms with van der Waals surface area (Å²) >= 11 is 0. The first kappa shape index (κ1) is 12.9. The van der Waals surface area contributed by atoms with Crippen molar-refractivity contribution in [2.45, 2.75) is 19.4 Å². The first-order valence-corrected chi connectivity index (χ1v) is 7.01. The molecule has 0 atom stereocenters. The SMILES string of the molecule is CN(Cc1ccc(N2CCCC2)cc1)c1nnn(C)n1. The largest absolute Gasteiger partial charge is 0.372 e. The van der Waals surface area contributed by atoms with Crippen LogP contribution in [-0.4, -0.2) is 40.3 Å². The van der Waals surface area contributed by atoms with Gasteiger partial charge in [-0.1, -0.05) is 17.2 Å². The van der Waals surface area contributed by atoms with Crippen LogP contribution >= 0.6 is 0 Å². The van der Waals surface area contributed by atoms with E-state index in [9.17, 15) is 0 Å². The summed E-state index contributed by atoms with van der Waals surface area (Å²) in [6, 6.07) is 8.78. The van der Waals surface area contributed by atoms with Crippen LogP contribution in [0.15, 0.2) is 24.3 Å². The predicted octanol–water partition coefficient (Wildman–Crippen LogP) is 1.45. The van der Waals surface area contributed by atoms with Gasteiger partial charge in [-0.15, -0.1) is 5.10 Å². The van der Waals surface area contributed by atoms with E-state index in [4.69, 9.17) is 0 Å². The highest BCUT2D eigenvalue weighted by Gasteiger charge is 2.12. The van der Waals surface area contributed by atoms with E-state index < -0.39 is 0 Å². The molecule has 0 spiro atoms. The van der Waals surface area contributed by atoms with Gasteiger partial charge in [-0.3, -0.25) is 0 Å². The van der Waals surface area contributed by atoms with Gasteiger partial charge < -0.3 is 9.80 Å². The molecule has 1 aliphatic rings. The van der Waals surface area contributed by atoms with E-state index in [0.29, 0.717) is 5.95 Å². The Hall–Kier alpha value is -2.11. The number of anilines is 2. The third-order valence-corrected chi connectivity index (χ3v) is 3.67. The zero-order valence-electron chi connectivity index (χ0n) is 12.0. The molecule has 0 amide bonds. The number of aromatic nitrogens is 4. The van der Waals surface area contributed by atoms with E-state index in [-0.39, 0.29) is 0 Å². The third kappa shape index (κ3) is 2.74. The Labute approximate surface area is 119 Å². The molecule has 0 saturated carbocycles. The van der Waals surface area contributed by atoms with Crippen LogP contribution in [0.4, 0.5) is 11.6 Å². The molecule has 1 saturated heterocycles. The molecule has 6 nitrogen and oxygen atoms in total. The first-order valence-electron chi connectivity index (χ1n) is 7.01. The molecule has 6 heteroatoms. The van der Waals surface area contributed by atoms with Gasteiger partial charge in [0.05, 0.1) is 7.05 Å². The fourth-order valence-electron chi connectivity index (χ4n) is 2.56. The number of hydrogen-bond donors (Lipinski definition) is 0. The van der Waals surface area contributed by atoms with Crippen molar-refractivity contribution in [3.05, 3.63) is 29.8 Å². The number of benzene rings is 1. The van der Waals surface area contributed by atoms with Gasteiger partial charge in [0.25, 0.3) is 5.95 Å². The van der Waals surface area contributed by atoms with Crippen LogP contribution in [0.1, 0.15) is 18.4 Å². The fourth-order valence-corrected chi connectivity index (χ4v) is 2.56. The summed E-state index contributed by atoms with van der Waals surface area (Å²) in [5, 5.41) is 12.1. The first-order chi connectivity index (χ1) is 9.72. The Bertz CT molecular complexity index is 555. The normalized spacial score (nSPS) is 14.8. The second-order valence-electron chi connectivity index (χ2n) is 5.30. The van der Waals surface area contributed by atoms with Crippen LogP contribution in [0, 0.1) is 0 Å². The van der Waals surface area contributed by atoms with E-state index >= 15 is 0 Å². The molecular weight excluding hydrogens is 252 g/mol. The predicted molar refractivity (Wildman–Crippen MR) is 78.8 cm³/mol. The van der Waals surface area contributed by atoms with Gasteiger partial charge in [-0.25, -0.2) is 0 Å². The third-order valence-electron chi connectivity index (χ3n) is 3.67. The van der Waals surface area contributed by atoms with Crippen LogP contribution < -0.4 is 9.80 Å². The smallest absolute Gasteiger partial charge is 0.266 e. The van der Waals surface area contributed by atoms with Crippen molar-refractivity contribution in [3.8, 4) is 0 Å². The maximum atomic E-state index is 4.20. The van der Waals surface area contributed by atoms with Crippen molar-refractivity contribution in [1.82, 2.24) is 20.2 Å². The number of nitrogens with zero attached hydrogens (tertiary/aromatic N) is 6. The van der Waals surface area contributed by atoms with Crippen LogP contribution in [0.2, 0.25) is 0 Å². The average molecular weight is 272 g/mol. The molecule has 0 aliphatic carbocycles. The van der Waals surface area contributed by atoms with E-state index in [0.717, 1.165) is 6.54 Å². The Morgan fingerprint density at radius 1 is 1.15 bits per heavy atom. The summed E-state index contributed by atoms with van der Waals surface area (Å²) in [5.74, 6) is 0.649. The lowest BCUT2D eigenvalue weighted by Crippen LogP contribution is -2.19. The average Bonchev–Trinajstić information content (AvgIpc) is 3.10. The van der Waals surface area contributed by atoms with Crippen molar-refractivity contribution in [2.75, 3.05) is 29.9 Å². The van der Waals surface area contributed by atoms with E-state index in [1.54, 1.807) is 7.05 Å². The van der Waals surface area contributed by atoms with E-state index in [1.165, 1.54) is 42.0 Å². The summed E-state index contributed by atoms with van der Waals surface area (Å²) in [6.07, 6.45) is 2.62. The topological polar surface area (TPSA) is 50.1 Å². The van der Waals surface area contributed by atoms with Crippen molar-refractivity contribution in [1.29, 1.82) is 0 Å². The van der Waals surface area contributed by atoms with Gasteiger partial charge in [0.15, 0.2) is 0 Å². The molecule has 1 aliphatic heterocycles. The van der Waals surface area contributed by atoms with Crippen molar-refractivity contribution in [2.24, 2.45) is 7.05 Å². The van der Waals surface area contributed by atoms with E-state index in [1.807, 2.05) is 11.9 Å². The minimum Gasteiger partial charge on any atom is -0.372 e. The van der Waals surface area contributed by atoms with Gasteiger partial charge in [0.1, 0.15) is 0 Å². The number of hydrogen-bond acceptors (Lipinski definition) is 5. The monoisotopic (exact) mass is 272 g/mol. The number of rotatable bonds is 4. The minimum absolute atomic E-state index is 0.649. The molecule has 1 aromatic heterocycles. The summed E-state index contributed by atoms with van der Waals surface area (Å²) in [7, 11) is 3.75. The molecule has 20 heavy (non-hydrogen) atoms. The van der Waals surface area contributed by atoms with Crippen LogP contribution in [0.25, 0.3) is 0 Å². The zero-order valence-corrected chi connectivity index (χ0v) is 12.0. The van der Waals surface area contributed by atoms with Crippen molar-refractivity contribution in [3.63, 3.8) is 0 Å². The van der Waals surface area contributed by atoms with Crippen LogP contribution in [0.3, 0.4) is 0 Å². The van der Waals surface area contributed by atoms with E-state index in [2.05, 4.69) is 44.6 Å². The lowest BCUT2D eigenvalue weighted by atomic mass is 10.2. The highest BCUT2D eigenvalue weighted by molar-refractivity contribution is 5.48. The zero-order chi connectivity index (χ0) is 13.9. The Morgan fingerprint density at radius 3 is 2.45 bits per heavy atom. The maximum absolute atomic E-state index is 4.20. The highest BCUT2D eigenvalue weighted by atomic mass is 15.6. The van der Waals surface area contributed by atoms with Gasteiger partial charge in [-0.2, -0.15) is 4.80 Å². The standard InChI is InChI=1S/C14H20N6/c1-18(14-15-17-19(2)16-14)11-12-5-7-13(8-6-12)20-9-3-4-10-20/h5-8H,3-4,9-11H2,1-2H3. The van der Waals surface area contributed by atoms with Gasteiger partial charge in [0, 0.05) is 32.4 Å². The summed E-state index contributed by atoms with van der Waals surface area (Å²) in [4.78, 5) is 5.91. The second-order valence-corrected chi connectivity index (χ2v) is 5.30. The molecule has 1 fully saturated rings. The lowest BCUT2D eigenvalue weighted by Gasteiger charge is -2.19. The Balaban J connectivity index is 1.65. The van der Waals surface area contributed by atoms with Gasteiger partial charge >= 0.3 is 0 Å². The molecule has 0 bridgehead atoms. The molecule has 0 radical (unpaired) electrons. The second kappa shape index (κ2) is 5.48. The van der Waals surface area contributed by atoms with Gasteiger partial charge in [-0.05, 0) is 35.8 Å². The quantitative estimate of drug-likeness (QED) is 0.843. The Kier molecular flexibility index (Phi) is 3.54. The molecule has 0 unspecified atom stereocenters. The molecule has 3 rings (SSSR count). The molecule has 2 heterocycles. The fraction of sp³-hybridized carbons (Fsp3) is 0.500. The Morgan fingerprint density at radius 2 is 1.85 bits per heavy atom. The number of aryl methyl sites for hydroxylation is 1. The van der Waals surface area contributed by atoms with Crippen LogP contribution in [-0.2, 0) is 13.6 Å². The highest BCUT2D eigenvalue weighted by Crippen LogP contribution is 2.21. The summed E-state index contributed by atoms with van der Waals surface area (Å²) in [6.45, 7) is 3.15. The minimum atomic E-state index is 0.649. The summed E-state index contributed by atoms with van der Waals surface area (Å²) in [5.41, 5.74) is 2.58. The molecular formula is C14H20N6. The maximum Gasteiger partial charge on any atom is 0.266 e. The molecule has 0 N–H and O–H groups in total. The molecule has 106 valence electrons. The van der Waals surface area contributed by atoms with Crippen molar-refractivity contribution >= 4 is 11.6 Å². The molecule has 1 aromatic carbocycles. The van der Waals surface area contributed by atoms with Crippen LogP contribution in [0.5, 0.6) is 0 Å². The van der Waals surface area contributed by atoms with Crippen molar-refractivity contribution < 1.29 is 0 Å². The summed E-state index contributed by atoms with van der Waals surface area (Å²) < 4.78 is 0. The lowest BCUT2D eigenvalue weighted by molar-refractivity contribution is 0.629. The number of tetrazole rings is 1.